The van der Waals surface area contributed by atoms with E-state index >= 15 is 0 Å². The molecule has 5 N–H and O–H groups in total. The van der Waals surface area contributed by atoms with Gasteiger partial charge in [-0.3, -0.25) is 4.79 Å². The Labute approximate surface area is 121 Å². The van der Waals surface area contributed by atoms with Crippen LogP contribution in [0.25, 0.3) is 0 Å². The van der Waals surface area contributed by atoms with Crippen molar-refractivity contribution in [2.45, 2.75) is 18.9 Å². The zero-order valence-electron chi connectivity index (χ0n) is 11.2. The van der Waals surface area contributed by atoms with Gasteiger partial charge in [0, 0.05) is 0 Å². The first-order valence-corrected chi connectivity index (χ1v) is 6.25. The highest BCUT2D eigenvalue weighted by Gasteiger charge is 2.13. The van der Waals surface area contributed by atoms with Crippen LogP contribution in [0.4, 0.5) is 0 Å². The molecule has 0 aliphatic heterocycles. The van der Waals surface area contributed by atoms with Gasteiger partial charge in [-0.05, 0) is 36.6 Å². The molecule has 21 heavy (non-hydrogen) atoms. The molecule has 0 saturated heterocycles. The Balaban J connectivity index is 2.38. The average Bonchev–Trinajstić information content (AvgIpc) is 2.46. The van der Waals surface area contributed by atoms with Crippen LogP contribution in [0.15, 0.2) is 36.1 Å². The van der Waals surface area contributed by atoms with Crippen LogP contribution in [-0.2, 0) is 9.59 Å². The SMILES string of the molecule is NC(C(=O)O)c1ccc(OCCC/C=C(\O)C(=O)O)cc1. The number of benzene rings is 1. The molecule has 1 atom stereocenters. The van der Waals surface area contributed by atoms with Gasteiger partial charge < -0.3 is 25.8 Å². The van der Waals surface area contributed by atoms with Gasteiger partial charge in [-0.15, -0.1) is 0 Å². The number of unbranched alkanes of at least 4 members (excludes halogenated alkanes) is 1. The highest BCUT2D eigenvalue weighted by molar-refractivity contribution is 5.83. The predicted molar refractivity (Wildman–Crippen MR) is 74.1 cm³/mol. The number of carboxylic acid groups (broad SMARTS) is 2. The van der Waals surface area contributed by atoms with Gasteiger partial charge in [-0.1, -0.05) is 12.1 Å². The lowest BCUT2D eigenvalue weighted by Gasteiger charge is -2.09. The largest absolute Gasteiger partial charge is 0.502 e. The maximum Gasteiger partial charge on any atom is 0.370 e. The fourth-order valence-electron chi connectivity index (χ4n) is 1.51. The Bertz CT molecular complexity index is 523. The van der Waals surface area contributed by atoms with Gasteiger partial charge in [-0.2, -0.15) is 0 Å². The minimum absolute atomic E-state index is 0.341. The van der Waals surface area contributed by atoms with Gasteiger partial charge in [-0.25, -0.2) is 4.79 Å². The predicted octanol–water partition coefficient (Wildman–Crippen LogP) is 1.46. The number of ether oxygens (including phenoxy) is 1. The molecule has 0 spiro atoms. The number of rotatable bonds is 8. The molecule has 7 heteroatoms. The van der Waals surface area contributed by atoms with Crippen LogP contribution in [0.2, 0.25) is 0 Å². The number of hydrogen-bond donors (Lipinski definition) is 4. The maximum atomic E-state index is 10.7. The monoisotopic (exact) mass is 295 g/mol. The number of aliphatic hydroxyl groups excluding tert-OH is 1. The molecule has 1 unspecified atom stereocenters. The second-order valence-corrected chi connectivity index (χ2v) is 4.27. The van der Waals surface area contributed by atoms with E-state index in [1.165, 1.54) is 6.08 Å². The summed E-state index contributed by atoms with van der Waals surface area (Å²) in [6, 6.07) is 5.31. The molecule has 0 bridgehead atoms. The average molecular weight is 295 g/mol. The van der Waals surface area contributed by atoms with Crippen LogP contribution in [-0.4, -0.2) is 33.9 Å². The van der Waals surface area contributed by atoms with E-state index in [1.54, 1.807) is 24.3 Å². The summed E-state index contributed by atoms with van der Waals surface area (Å²) in [5.74, 6) is -2.58. The number of hydrogen-bond acceptors (Lipinski definition) is 5. The summed E-state index contributed by atoms with van der Waals surface area (Å²) in [7, 11) is 0. The van der Waals surface area contributed by atoms with Gasteiger partial charge in [0.2, 0.25) is 0 Å². The normalized spacial score (nSPS) is 12.7. The van der Waals surface area contributed by atoms with E-state index in [9.17, 15) is 9.59 Å². The zero-order valence-corrected chi connectivity index (χ0v) is 11.2. The molecule has 114 valence electrons. The molecule has 0 aliphatic carbocycles. The number of carbonyl (C=O) groups is 2. The summed E-state index contributed by atoms with van der Waals surface area (Å²) >= 11 is 0. The number of carboxylic acids is 2. The number of aliphatic hydroxyl groups is 1. The summed E-state index contributed by atoms with van der Waals surface area (Å²) in [6.07, 6.45) is 2.12. The van der Waals surface area contributed by atoms with Crippen LogP contribution in [0.1, 0.15) is 24.4 Å². The van der Waals surface area contributed by atoms with E-state index in [1.807, 2.05) is 0 Å². The van der Waals surface area contributed by atoms with E-state index in [2.05, 4.69) is 0 Å². The molecule has 0 aromatic heterocycles. The van der Waals surface area contributed by atoms with Crippen LogP contribution in [0, 0.1) is 0 Å². The number of allylic oxidation sites excluding steroid dienone is 1. The highest BCUT2D eigenvalue weighted by Crippen LogP contribution is 2.17. The summed E-state index contributed by atoms with van der Waals surface area (Å²) < 4.78 is 5.40. The first kappa shape index (κ1) is 16.5. The Morgan fingerprint density at radius 2 is 1.81 bits per heavy atom. The lowest BCUT2D eigenvalue weighted by atomic mass is 10.1. The van der Waals surface area contributed by atoms with Crippen molar-refractivity contribution < 1.29 is 29.6 Å². The third-order valence-corrected chi connectivity index (χ3v) is 2.68. The minimum atomic E-state index is -1.36. The molecule has 0 radical (unpaired) electrons. The van der Waals surface area contributed by atoms with Crippen molar-refractivity contribution in [3.8, 4) is 5.75 Å². The molecule has 0 amide bonds. The van der Waals surface area contributed by atoms with Crippen LogP contribution in [0.3, 0.4) is 0 Å². The van der Waals surface area contributed by atoms with Crippen molar-refractivity contribution >= 4 is 11.9 Å². The second kappa shape index (κ2) is 7.91. The molecule has 1 aromatic rings. The smallest absolute Gasteiger partial charge is 0.370 e. The van der Waals surface area contributed by atoms with Crippen molar-refractivity contribution in [2.24, 2.45) is 5.73 Å². The van der Waals surface area contributed by atoms with Gasteiger partial charge in [0.05, 0.1) is 6.61 Å². The van der Waals surface area contributed by atoms with Crippen LogP contribution < -0.4 is 10.5 Å². The summed E-state index contributed by atoms with van der Waals surface area (Å²) in [5, 5.41) is 26.1. The molecule has 7 nitrogen and oxygen atoms in total. The first-order chi connectivity index (χ1) is 9.91. The van der Waals surface area contributed by atoms with Crippen LogP contribution in [0.5, 0.6) is 5.75 Å². The molecule has 0 heterocycles. The van der Waals surface area contributed by atoms with Crippen molar-refractivity contribution in [3.05, 3.63) is 41.7 Å². The van der Waals surface area contributed by atoms with E-state index in [0.717, 1.165) is 0 Å². The number of aliphatic carboxylic acids is 2. The Hall–Kier alpha value is -2.54. The van der Waals surface area contributed by atoms with E-state index in [-0.39, 0.29) is 0 Å². The highest BCUT2D eigenvalue weighted by atomic mass is 16.5. The third-order valence-electron chi connectivity index (χ3n) is 2.68. The second-order valence-electron chi connectivity index (χ2n) is 4.27. The third kappa shape index (κ3) is 5.53. The summed E-state index contributed by atoms with van der Waals surface area (Å²) in [6.45, 7) is 0.341. The number of nitrogens with two attached hydrogens (primary N) is 1. The van der Waals surface area contributed by atoms with Gasteiger partial charge in [0.15, 0.2) is 5.76 Å². The van der Waals surface area contributed by atoms with E-state index in [0.29, 0.717) is 30.8 Å². The van der Waals surface area contributed by atoms with Gasteiger partial charge >= 0.3 is 11.9 Å². The molecule has 1 aromatic carbocycles. The van der Waals surface area contributed by atoms with Crippen molar-refractivity contribution in [3.63, 3.8) is 0 Å². The summed E-state index contributed by atoms with van der Waals surface area (Å²) in [5.41, 5.74) is 5.94. The first-order valence-electron chi connectivity index (χ1n) is 6.25. The van der Waals surface area contributed by atoms with Crippen molar-refractivity contribution in [1.82, 2.24) is 0 Å². The van der Waals surface area contributed by atoms with Gasteiger partial charge in [0.25, 0.3) is 0 Å². The fraction of sp³-hybridized carbons (Fsp3) is 0.286. The summed E-state index contributed by atoms with van der Waals surface area (Å²) in [4.78, 5) is 21.0. The lowest BCUT2D eigenvalue weighted by molar-refractivity contribution is -0.138. The van der Waals surface area contributed by atoms with Crippen molar-refractivity contribution in [2.75, 3.05) is 6.61 Å². The quantitative estimate of drug-likeness (QED) is 0.324. The van der Waals surface area contributed by atoms with Crippen molar-refractivity contribution in [1.29, 1.82) is 0 Å². The Morgan fingerprint density at radius 1 is 1.19 bits per heavy atom. The molecular formula is C14H17NO6. The molecule has 0 fully saturated rings. The van der Waals surface area contributed by atoms with Gasteiger partial charge in [0.1, 0.15) is 11.8 Å². The molecule has 1 rings (SSSR count). The zero-order chi connectivity index (χ0) is 15.8. The van der Waals surface area contributed by atoms with E-state index in [4.69, 9.17) is 25.8 Å². The van der Waals surface area contributed by atoms with E-state index < -0.39 is 23.7 Å². The minimum Gasteiger partial charge on any atom is -0.502 e. The topological polar surface area (TPSA) is 130 Å². The Morgan fingerprint density at radius 3 is 2.33 bits per heavy atom. The van der Waals surface area contributed by atoms with Crippen LogP contribution >= 0.6 is 0 Å². The maximum absolute atomic E-state index is 10.7. The fourth-order valence-corrected chi connectivity index (χ4v) is 1.51. The molecule has 0 saturated carbocycles. The molecular weight excluding hydrogens is 278 g/mol. The Kier molecular flexibility index (Phi) is 6.22. The standard InChI is InChI=1S/C14H17NO6/c15-12(14(19)20)9-4-6-10(7-5-9)21-8-2-1-3-11(16)13(17)18/h3-7,12,16H,1-2,8,15H2,(H,17,18)(H,19,20)/b11-3-. The molecule has 0 aliphatic rings. The lowest BCUT2D eigenvalue weighted by Crippen LogP contribution is -2.20.